The normalized spacial score (nSPS) is 16.4. The second-order valence-corrected chi connectivity index (χ2v) is 11.0. The first-order valence-electron chi connectivity index (χ1n) is 9.62. The number of aromatic hydroxyl groups is 1. The molecule has 1 fully saturated rings. The Kier molecular flexibility index (Phi) is 7.65. The van der Waals surface area contributed by atoms with Crippen LogP contribution in [0.2, 0.25) is 0 Å². The van der Waals surface area contributed by atoms with Crippen LogP contribution in [0.25, 0.3) is 10.2 Å². The van der Waals surface area contributed by atoms with Crippen molar-refractivity contribution < 1.29 is 14.6 Å². The van der Waals surface area contributed by atoms with Gasteiger partial charge in [-0.1, -0.05) is 27.7 Å². The van der Waals surface area contributed by atoms with Crippen molar-refractivity contribution in [1.29, 1.82) is 0 Å². The fourth-order valence-electron chi connectivity index (χ4n) is 3.07. The number of aromatic nitrogens is 1. The lowest BCUT2D eigenvalue weighted by molar-refractivity contribution is -0.119. The van der Waals surface area contributed by atoms with Gasteiger partial charge in [-0.05, 0) is 59.1 Å². The SMILES string of the molecule is O=C(CSc1nc2ccc(N=Cc3cc(Br)cc(Br)c3O)cc2s1)NCC1CCCO1. The van der Waals surface area contributed by atoms with Crippen LogP contribution in [0, 0.1) is 0 Å². The molecule has 0 aliphatic carbocycles. The number of hydrogen-bond donors (Lipinski definition) is 2. The molecule has 6 nitrogen and oxygen atoms in total. The largest absolute Gasteiger partial charge is 0.506 e. The molecule has 1 aliphatic heterocycles. The Balaban J connectivity index is 1.38. The molecule has 0 radical (unpaired) electrons. The summed E-state index contributed by atoms with van der Waals surface area (Å²) in [5.74, 6) is 0.460. The van der Waals surface area contributed by atoms with E-state index >= 15 is 0 Å². The second kappa shape index (κ2) is 10.4. The fourth-order valence-corrected chi connectivity index (χ4v) is 6.26. The van der Waals surface area contributed by atoms with E-state index in [4.69, 9.17) is 4.74 Å². The Morgan fingerprint density at radius 1 is 1.39 bits per heavy atom. The number of thiazole rings is 1. The highest BCUT2D eigenvalue weighted by molar-refractivity contribution is 9.11. The predicted molar refractivity (Wildman–Crippen MR) is 133 cm³/mol. The van der Waals surface area contributed by atoms with Gasteiger partial charge in [0.15, 0.2) is 4.34 Å². The van der Waals surface area contributed by atoms with Gasteiger partial charge in [0, 0.05) is 29.4 Å². The molecule has 4 rings (SSSR count). The first-order valence-corrected chi connectivity index (χ1v) is 13.0. The summed E-state index contributed by atoms with van der Waals surface area (Å²) in [6.07, 6.45) is 3.85. The van der Waals surface area contributed by atoms with Crippen molar-refractivity contribution in [1.82, 2.24) is 10.3 Å². The minimum absolute atomic E-state index is 0.00923. The standard InChI is InChI=1S/C21H19Br2N3O3S2/c22-13-6-12(20(28)16(23)7-13)9-24-14-3-4-17-18(8-14)31-21(26-17)30-11-19(27)25-10-15-2-1-5-29-15/h3-4,6-9,15,28H,1-2,5,10-11H2,(H,25,27). The van der Waals surface area contributed by atoms with E-state index in [2.05, 4.69) is 47.2 Å². The van der Waals surface area contributed by atoms with Gasteiger partial charge in [-0.15, -0.1) is 11.3 Å². The summed E-state index contributed by atoms with van der Waals surface area (Å²) >= 11 is 9.70. The van der Waals surface area contributed by atoms with Crippen molar-refractivity contribution in [2.45, 2.75) is 23.3 Å². The average Bonchev–Trinajstić information content (AvgIpc) is 3.41. The molecule has 10 heteroatoms. The topological polar surface area (TPSA) is 83.8 Å². The number of benzene rings is 2. The lowest BCUT2D eigenvalue weighted by Crippen LogP contribution is -2.32. The van der Waals surface area contributed by atoms with Gasteiger partial charge >= 0.3 is 0 Å². The number of phenols is 1. The summed E-state index contributed by atoms with van der Waals surface area (Å²) < 4.78 is 8.81. The molecular weight excluding hydrogens is 566 g/mol. The van der Waals surface area contributed by atoms with E-state index in [1.165, 1.54) is 23.1 Å². The van der Waals surface area contributed by atoms with Crippen LogP contribution >= 0.6 is 55.0 Å². The first kappa shape index (κ1) is 22.7. The fraction of sp³-hybridized carbons (Fsp3) is 0.286. The number of thioether (sulfide) groups is 1. The molecule has 1 aliphatic rings. The highest BCUT2D eigenvalue weighted by atomic mass is 79.9. The molecule has 1 atom stereocenters. The van der Waals surface area contributed by atoms with Crippen LogP contribution < -0.4 is 5.32 Å². The lowest BCUT2D eigenvalue weighted by atomic mass is 10.2. The van der Waals surface area contributed by atoms with E-state index in [0.29, 0.717) is 22.3 Å². The van der Waals surface area contributed by atoms with Crippen LogP contribution in [-0.4, -0.2) is 47.2 Å². The molecule has 31 heavy (non-hydrogen) atoms. The summed E-state index contributed by atoms with van der Waals surface area (Å²) in [7, 11) is 0. The zero-order valence-electron chi connectivity index (χ0n) is 16.3. The number of fused-ring (bicyclic) bond motifs is 1. The molecule has 1 saturated heterocycles. The minimum atomic E-state index is -0.00923. The van der Waals surface area contributed by atoms with E-state index in [1.54, 1.807) is 18.3 Å². The molecule has 1 amide bonds. The van der Waals surface area contributed by atoms with E-state index in [1.807, 2.05) is 18.2 Å². The Morgan fingerprint density at radius 2 is 2.26 bits per heavy atom. The molecule has 0 bridgehead atoms. The highest BCUT2D eigenvalue weighted by Gasteiger charge is 2.16. The number of carbonyl (C=O) groups excluding carboxylic acids is 1. The van der Waals surface area contributed by atoms with Crippen LogP contribution in [0.3, 0.4) is 0 Å². The van der Waals surface area contributed by atoms with E-state index in [9.17, 15) is 9.90 Å². The summed E-state index contributed by atoms with van der Waals surface area (Å²) in [5, 5.41) is 13.1. The molecule has 2 N–H and O–H groups in total. The summed E-state index contributed by atoms with van der Waals surface area (Å²) in [6.45, 7) is 1.36. The average molecular weight is 585 g/mol. The van der Waals surface area contributed by atoms with Crippen molar-refractivity contribution in [3.63, 3.8) is 0 Å². The zero-order valence-corrected chi connectivity index (χ0v) is 21.1. The Morgan fingerprint density at radius 3 is 3.06 bits per heavy atom. The van der Waals surface area contributed by atoms with Crippen LogP contribution in [0.15, 0.2) is 48.6 Å². The highest BCUT2D eigenvalue weighted by Crippen LogP contribution is 2.33. The van der Waals surface area contributed by atoms with Crippen molar-refractivity contribution >= 4 is 83.0 Å². The molecule has 0 saturated carbocycles. The van der Waals surface area contributed by atoms with E-state index < -0.39 is 0 Å². The summed E-state index contributed by atoms with van der Waals surface area (Å²) in [6, 6.07) is 9.32. The van der Waals surface area contributed by atoms with Gasteiger partial charge in [0.1, 0.15) is 5.75 Å². The van der Waals surface area contributed by atoms with Gasteiger partial charge < -0.3 is 15.2 Å². The number of nitrogens with zero attached hydrogens (tertiary/aromatic N) is 2. The number of phenolic OH excluding ortho intramolecular Hbond substituents is 1. The number of halogens is 2. The van der Waals surface area contributed by atoms with Gasteiger partial charge in [-0.3, -0.25) is 9.79 Å². The monoisotopic (exact) mass is 583 g/mol. The van der Waals surface area contributed by atoms with Crippen molar-refractivity contribution in [2.75, 3.05) is 18.9 Å². The molecule has 1 aromatic heterocycles. The predicted octanol–water partition coefficient (Wildman–Crippen LogP) is 5.66. The van der Waals surface area contributed by atoms with Crippen molar-refractivity contribution in [3.8, 4) is 5.75 Å². The Bertz CT molecular complexity index is 1130. The molecule has 0 spiro atoms. The van der Waals surface area contributed by atoms with Crippen molar-refractivity contribution in [2.24, 2.45) is 4.99 Å². The quantitative estimate of drug-likeness (QED) is 0.276. The molecule has 1 unspecified atom stereocenters. The first-order chi connectivity index (χ1) is 15.0. The number of amides is 1. The number of carbonyl (C=O) groups is 1. The molecule has 162 valence electrons. The van der Waals surface area contributed by atoms with Crippen LogP contribution in [0.4, 0.5) is 5.69 Å². The number of rotatable bonds is 7. The molecule has 2 heterocycles. The smallest absolute Gasteiger partial charge is 0.230 e. The Hall–Kier alpha value is -1.46. The maximum atomic E-state index is 12.1. The number of aliphatic imine (C=N–C) groups is 1. The number of hydrogen-bond acceptors (Lipinski definition) is 7. The van der Waals surface area contributed by atoms with Crippen LogP contribution in [-0.2, 0) is 9.53 Å². The Labute approximate surface area is 204 Å². The van der Waals surface area contributed by atoms with Gasteiger partial charge in [0.05, 0.1) is 32.2 Å². The second-order valence-electron chi connectivity index (χ2n) is 6.94. The van der Waals surface area contributed by atoms with Gasteiger partial charge in [-0.25, -0.2) is 4.98 Å². The van der Waals surface area contributed by atoms with Gasteiger partial charge in [-0.2, -0.15) is 0 Å². The lowest BCUT2D eigenvalue weighted by Gasteiger charge is -2.09. The molecular formula is C21H19Br2N3O3S2. The van der Waals surface area contributed by atoms with Crippen LogP contribution in [0.1, 0.15) is 18.4 Å². The summed E-state index contributed by atoms with van der Waals surface area (Å²) in [5.41, 5.74) is 2.24. The third kappa shape index (κ3) is 6.07. The van der Waals surface area contributed by atoms with Gasteiger partial charge in [0.2, 0.25) is 5.91 Å². The molecule has 2 aromatic carbocycles. The number of nitrogens with one attached hydrogen (secondary N) is 1. The summed E-state index contributed by atoms with van der Waals surface area (Å²) in [4.78, 5) is 21.2. The van der Waals surface area contributed by atoms with Crippen molar-refractivity contribution in [3.05, 3.63) is 44.8 Å². The number of ether oxygens (including phenoxy) is 1. The third-order valence-electron chi connectivity index (χ3n) is 4.64. The van der Waals surface area contributed by atoms with Crippen LogP contribution in [0.5, 0.6) is 5.75 Å². The van der Waals surface area contributed by atoms with Gasteiger partial charge in [0.25, 0.3) is 0 Å². The van der Waals surface area contributed by atoms with E-state index in [-0.39, 0.29) is 17.8 Å². The maximum Gasteiger partial charge on any atom is 0.230 e. The maximum absolute atomic E-state index is 12.1. The molecule has 3 aromatic rings. The third-order valence-corrected chi connectivity index (χ3v) is 7.86. The minimum Gasteiger partial charge on any atom is -0.506 e. The van der Waals surface area contributed by atoms with E-state index in [0.717, 1.165) is 44.2 Å². The zero-order chi connectivity index (χ0) is 21.8.